The fourth-order valence-electron chi connectivity index (χ4n) is 2.12. The third-order valence-electron chi connectivity index (χ3n) is 3.26. The van der Waals surface area contributed by atoms with Gasteiger partial charge < -0.3 is 16.2 Å². The predicted octanol–water partition coefficient (Wildman–Crippen LogP) is 2.25. The van der Waals surface area contributed by atoms with Crippen LogP contribution in [-0.2, 0) is 11.2 Å². The number of benzene rings is 2. The Morgan fingerprint density at radius 2 is 1.90 bits per heavy atom. The molecule has 0 aliphatic heterocycles. The SMILES string of the molecule is N[C@@H](C(=O)Nc1cccc(CCCO)c1)c1ccccc1. The predicted molar refractivity (Wildman–Crippen MR) is 83.8 cm³/mol. The van der Waals surface area contributed by atoms with E-state index in [4.69, 9.17) is 10.8 Å². The van der Waals surface area contributed by atoms with Crippen molar-refractivity contribution in [2.45, 2.75) is 18.9 Å². The third kappa shape index (κ3) is 4.41. The lowest BCUT2D eigenvalue weighted by molar-refractivity contribution is -0.117. The molecule has 4 N–H and O–H groups in total. The first-order chi connectivity index (χ1) is 10.2. The van der Waals surface area contributed by atoms with E-state index in [-0.39, 0.29) is 12.5 Å². The monoisotopic (exact) mass is 284 g/mol. The number of rotatable bonds is 6. The maximum Gasteiger partial charge on any atom is 0.245 e. The molecule has 2 rings (SSSR count). The molecule has 4 nitrogen and oxygen atoms in total. The number of hydrogen-bond donors (Lipinski definition) is 3. The lowest BCUT2D eigenvalue weighted by atomic mass is 10.1. The van der Waals surface area contributed by atoms with Crippen LogP contribution in [0, 0.1) is 0 Å². The second-order valence-electron chi connectivity index (χ2n) is 4.91. The summed E-state index contributed by atoms with van der Waals surface area (Å²) in [6.07, 6.45) is 1.49. The first kappa shape index (κ1) is 15.2. The highest BCUT2D eigenvalue weighted by Gasteiger charge is 2.15. The second-order valence-corrected chi connectivity index (χ2v) is 4.91. The quantitative estimate of drug-likeness (QED) is 0.761. The van der Waals surface area contributed by atoms with Crippen molar-refractivity contribution in [3.8, 4) is 0 Å². The maximum absolute atomic E-state index is 12.2. The number of aliphatic hydroxyl groups excluding tert-OH is 1. The molecule has 110 valence electrons. The molecule has 21 heavy (non-hydrogen) atoms. The van der Waals surface area contributed by atoms with Crippen LogP contribution in [0.15, 0.2) is 54.6 Å². The van der Waals surface area contributed by atoms with E-state index in [1.165, 1.54) is 0 Å². The van der Waals surface area contributed by atoms with Gasteiger partial charge in [0.15, 0.2) is 0 Å². The smallest absolute Gasteiger partial charge is 0.245 e. The molecule has 0 aromatic heterocycles. The molecule has 0 heterocycles. The number of nitrogens with one attached hydrogen (secondary N) is 1. The van der Waals surface area contributed by atoms with E-state index in [2.05, 4.69) is 5.32 Å². The number of aryl methyl sites for hydroxylation is 1. The van der Waals surface area contributed by atoms with Gasteiger partial charge in [-0.15, -0.1) is 0 Å². The molecule has 0 bridgehead atoms. The van der Waals surface area contributed by atoms with Crippen LogP contribution in [0.25, 0.3) is 0 Å². The minimum atomic E-state index is -0.688. The van der Waals surface area contributed by atoms with Crippen molar-refractivity contribution in [2.24, 2.45) is 5.73 Å². The maximum atomic E-state index is 12.2. The fraction of sp³-hybridized carbons (Fsp3) is 0.235. The van der Waals surface area contributed by atoms with Crippen molar-refractivity contribution < 1.29 is 9.90 Å². The normalized spacial score (nSPS) is 11.9. The van der Waals surface area contributed by atoms with E-state index < -0.39 is 6.04 Å². The lowest BCUT2D eigenvalue weighted by Gasteiger charge is -2.13. The molecule has 0 saturated heterocycles. The number of nitrogens with two attached hydrogens (primary N) is 1. The summed E-state index contributed by atoms with van der Waals surface area (Å²) in [6.45, 7) is 0.162. The topological polar surface area (TPSA) is 75.4 Å². The van der Waals surface area contributed by atoms with Crippen molar-refractivity contribution >= 4 is 11.6 Å². The number of anilines is 1. The Bertz CT molecular complexity index is 584. The van der Waals surface area contributed by atoms with Gasteiger partial charge in [0.25, 0.3) is 0 Å². The molecule has 1 amide bonds. The van der Waals surface area contributed by atoms with Crippen molar-refractivity contribution in [3.05, 3.63) is 65.7 Å². The molecule has 0 radical (unpaired) electrons. The summed E-state index contributed by atoms with van der Waals surface area (Å²) < 4.78 is 0. The van der Waals surface area contributed by atoms with Crippen LogP contribution in [0.1, 0.15) is 23.6 Å². The van der Waals surface area contributed by atoms with E-state index in [1.807, 2.05) is 54.6 Å². The Kier molecular flexibility index (Phi) is 5.49. The summed E-state index contributed by atoms with van der Waals surface area (Å²) in [4.78, 5) is 12.2. The third-order valence-corrected chi connectivity index (χ3v) is 3.26. The molecule has 0 unspecified atom stereocenters. The average Bonchev–Trinajstić information content (AvgIpc) is 2.53. The van der Waals surface area contributed by atoms with Gasteiger partial charge in [-0.3, -0.25) is 4.79 Å². The van der Waals surface area contributed by atoms with Crippen LogP contribution in [0.2, 0.25) is 0 Å². The Labute approximate surface area is 124 Å². The zero-order chi connectivity index (χ0) is 15.1. The molecule has 0 saturated carbocycles. The van der Waals surface area contributed by atoms with Gasteiger partial charge in [0.2, 0.25) is 5.91 Å². The van der Waals surface area contributed by atoms with Crippen LogP contribution in [0.5, 0.6) is 0 Å². The highest BCUT2D eigenvalue weighted by molar-refractivity contribution is 5.95. The van der Waals surface area contributed by atoms with Gasteiger partial charge in [0, 0.05) is 12.3 Å². The number of carbonyl (C=O) groups excluding carboxylic acids is 1. The number of hydrogen-bond acceptors (Lipinski definition) is 3. The van der Waals surface area contributed by atoms with Crippen LogP contribution >= 0.6 is 0 Å². The van der Waals surface area contributed by atoms with Gasteiger partial charge >= 0.3 is 0 Å². The van der Waals surface area contributed by atoms with Gasteiger partial charge in [0.1, 0.15) is 6.04 Å². The van der Waals surface area contributed by atoms with Gasteiger partial charge in [-0.1, -0.05) is 42.5 Å². The molecule has 0 aliphatic rings. The summed E-state index contributed by atoms with van der Waals surface area (Å²) in [6, 6.07) is 16.2. The van der Waals surface area contributed by atoms with Crippen LogP contribution in [0.3, 0.4) is 0 Å². The summed E-state index contributed by atoms with van der Waals surface area (Å²) in [5.74, 6) is -0.236. The molecule has 1 atom stereocenters. The fourth-order valence-corrected chi connectivity index (χ4v) is 2.12. The molecule has 0 spiro atoms. The summed E-state index contributed by atoms with van der Waals surface area (Å²) in [5, 5.41) is 11.7. The molecular weight excluding hydrogens is 264 g/mol. The summed E-state index contributed by atoms with van der Waals surface area (Å²) in [7, 11) is 0. The van der Waals surface area contributed by atoms with E-state index in [9.17, 15) is 4.79 Å². The Morgan fingerprint density at radius 1 is 1.14 bits per heavy atom. The van der Waals surface area contributed by atoms with Gasteiger partial charge in [0.05, 0.1) is 0 Å². The molecule has 2 aromatic rings. The van der Waals surface area contributed by atoms with Crippen molar-refractivity contribution in [3.63, 3.8) is 0 Å². The number of amides is 1. The second kappa shape index (κ2) is 7.57. The standard InChI is InChI=1S/C17H20N2O2/c18-16(14-8-2-1-3-9-14)17(21)19-15-10-4-6-13(12-15)7-5-11-20/h1-4,6,8-10,12,16,20H,5,7,11,18H2,(H,19,21)/t16-/m1/s1. The minimum absolute atomic E-state index is 0.162. The van der Waals surface area contributed by atoms with Crippen LogP contribution < -0.4 is 11.1 Å². The van der Waals surface area contributed by atoms with Crippen molar-refractivity contribution in [2.75, 3.05) is 11.9 Å². The zero-order valence-electron chi connectivity index (χ0n) is 11.8. The first-order valence-corrected chi connectivity index (χ1v) is 7.02. The number of carbonyl (C=O) groups is 1. The average molecular weight is 284 g/mol. The number of aliphatic hydroxyl groups is 1. The van der Waals surface area contributed by atoms with Gasteiger partial charge in [-0.2, -0.15) is 0 Å². The van der Waals surface area contributed by atoms with Crippen molar-refractivity contribution in [1.29, 1.82) is 0 Å². The van der Waals surface area contributed by atoms with Crippen LogP contribution in [0.4, 0.5) is 5.69 Å². The molecule has 2 aromatic carbocycles. The Balaban J connectivity index is 2.02. The summed E-state index contributed by atoms with van der Waals surface area (Å²) in [5.41, 5.74) is 8.55. The van der Waals surface area contributed by atoms with Crippen LogP contribution in [-0.4, -0.2) is 17.6 Å². The van der Waals surface area contributed by atoms with E-state index in [1.54, 1.807) is 0 Å². The molecule has 4 heteroatoms. The Morgan fingerprint density at radius 3 is 2.62 bits per heavy atom. The van der Waals surface area contributed by atoms with Gasteiger partial charge in [-0.05, 0) is 36.1 Å². The summed E-state index contributed by atoms with van der Waals surface area (Å²) >= 11 is 0. The first-order valence-electron chi connectivity index (χ1n) is 7.02. The molecular formula is C17H20N2O2. The van der Waals surface area contributed by atoms with E-state index >= 15 is 0 Å². The Hall–Kier alpha value is -2.17. The zero-order valence-corrected chi connectivity index (χ0v) is 11.8. The highest BCUT2D eigenvalue weighted by Crippen LogP contribution is 2.16. The minimum Gasteiger partial charge on any atom is -0.396 e. The lowest BCUT2D eigenvalue weighted by Crippen LogP contribution is -2.27. The molecule has 0 fully saturated rings. The van der Waals surface area contributed by atoms with E-state index in [0.717, 1.165) is 23.2 Å². The van der Waals surface area contributed by atoms with Crippen molar-refractivity contribution in [1.82, 2.24) is 0 Å². The van der Waals surface area contributed by atoms with Gasteiger partial charge in [-0.25, -0.2) is 0 Å². The highest BCUT2D eigenvalue weighted by atomic mass is 16.2. The largest absolute Gasteiger partial charge is 0.396 e. The molecule has 0 aliphatic carbocycles. The van der Waals surface area contributed by atoms with E-state index in [0.29, 0.717) is 6.42 Å².